The third-order valence-electron chi connectivity index (χ3n) is 3.76. The minimum atomic E-state index is -0.631. The lowest BCUT2D eigenvalue weighted by molar-refractivity contribution is -0.123. The van der Waals surface area contributed by atoms with E-state index in [9.17, 15) is 18.8 Å². The Kier molecular flexibility index (Phi) is 6.15. The number of nitrogens with zero attached hydrogens (tertiary/aromatic N) is 1. The predicted octanol–water partition coefficient (Wildman–Crippen LogP) is 3.69. The van der Waals surface area contributed by atoms with Crippen molar-refractivity contribution in [1.82, 2.24) is 4.90 Å². The average Bonchev–Trinajstić information content (AvgIpc) is 2.90. The number of hydrogen-bond donors (Lipinski definition) is 1. The zero-order chi connectivity index (χ0) is 20.3. The molecule has 144 valence electrons. The number of ether oxygens (including phenoxy) is 1. The van der Waals surface area contributed by atoms with Gasteiger partial charge in [-0.2, -0.15) is 0 Å². The Morgan fingerprint density at radius 1 is 1.21 bits per heavy atom. The Bertz CT molecular complexity index is 978. The van der Waals surface area contributed by atoms with Crippen LogP contribution in [0.5, 0.6) is 5.75 Å². The van der Waals surface area contributed by atoms with Gasteiger partial charge in [-0.1, -0.05) is 28.1 Å². The number of halogens is 2. The van der Waals surface area contributed by atoms with E-state index in [4.69, 9.17) is 10.5 Å². The molecule has 0 radical (unpaired) electrons. The van der Waals surface area contributed by atoms with Crippen molar-refractivity contribution in [3.63, 3.8) is 0 Å². The van der Waals surface area contributed by atoms with Crippen LogP contribution >= 0.6 is 27.7 Å². The number of imide groups is 1. The van der Waals surface area contributed by atoms with Crippen LogP contribution in [-0.2, 0) is 16.1 Å². The van der Waals surface area contributed by atoms with Crippen LogP contribution in [0.25, 0.3) is 6.08 Å². The first-order valence-electron chi connectivity index (χ1n) is 8.04. The third-order valence-corrected chi connectivity index (χ3v) is 5.16. The summed E-state index contributed by atoms with van der Waals surface area (Å²) < 4.78 is 19.1. The summed E-state index contributed by atoms with van der Waals surface area (Å²) in [6, 6.07) is 10.6. The van der Waals surface area contributed by atoms with Gasteiger partial charge in [0, 0.05) is 10.0 Å². The number of benzene rings is 2. The first kappa shape index (κ1) is 20.1. The molecule has 0 bridgehead atoms. The Balaban J connectivity index is 1.84. The molecule has 3 rings (SSSR count). The number of hydrogen-bond acceptors (Lipinski definition) is 5. The maximum atomic E-state index is 13.0. The molecule has 6 nitrogen and oxygen atoms in total. The van der Waals surface area contributed by atoms with Gasteiger partial charge in [-0.25, -0.2) is 4.39 Å². The van der Waals surface area contributed by atoms with E-state index < -0.39 is 22.9 Å². The fourth-order valence-corrected chi connectivity index (χ4v) is 3.67. The second-order valence-corrected chi connectivity index (χ2v) is 7.74. The summed E-state index contributed by atoms with van der Waals surface area (Å²) in [5.41, 5.74) is 6.26. The second-order valence-electron chi connectivity index (χ2n) is 5.83. The molecule has 0 aromatic heterocycles. The SMILES string of the molecule is NC(=O)COc1ccc(Br)cc1/C=C1\SC(=O)N(Cc2ccc(F)cc2)C1=O. The highest BCUT2D eigenvalue weighted by Gasteiger charge is 2.35. The zero-order valence-corrected chi connectivity index (χ0v) is 16.8. The smallest absolute Gasteiger partial charge is 0.293 e. The summed E-state index contributed by atoms with van der Waals surface area (Å²) in [7, 11) is 0. The van der Waals surface area contributed by atoms with E-state index >= 15 is 0 Å². The molecule has 0 spiro atoms. The maximum Gasteiger partial charge on any atom is 0.293 e. The number of amides is 3. The van der Waals surface area contributed by atoms with Gasteiger partial charge in [0.2, 0.25) is 0 Å². The molecule has 3 amide bonds. The molecule has 0 unspecified atom stereocenters. The van der Waals surface area contributed by atoms with Crippen LogP contribution in [0.4, 0.5) is 9.18 Å². The lowest BCUT2D eigenvalue weighted by Crippen LogP contribution is -2.27. The average molecular weight is 465 g/mol. The number of carbonyl (C=O) groups excluding carboxylic acids is 3. The van der Waals surface area contributed by atoms with E-state index in [0.29, 0.717) is 16.9 Å². The molecule has 2 N–H and O–H groups in total. The van der Waals surface area contributed by atoms with Crippen LogP contribution in [0.2, 0.25) is 0 Å². The van der Waals surface area contributed by atoms with Gasteiger partial charge in [0.25, 0.3) is 17.1 Å². The first-order chi connectivity index (χ1) is 13.3. The predicted molar refractivity (Wildman–Crippen MR) is 107 cm³/mol. The van der Waals surface area contributed by atoms with Crippen molar-refractivity contribution in [2.45, 2.75) is 6.54 Å². The minimum Gasteiger partial charge on any atom is -0.483 e. The standard InChI is InChI=1S/C19H14BrFN2O4S/c20-13-3-6-15(27-10-17(22)24)12(7-13)8-16-18(25)23(19(26)28-16)9-11-1-4-14(21)5-2-11/h1-8H,9-10H2,(H2,22,24)/b16-8-. The van der Waals surface area contributed by atoms with Crippen molar-refractivity contribution in [3.8, 4) is 5.75 Å². The van der Waals surface area contributed by atoms with Gasteiger partial charge >= 0.3 is 0 Å². The molecule has 0 atom stereocenters. The molecule has 2 aromatic carbocycles. The highest BCUT2D eigenvalue weighted by Crippen LogP contribution is 2.35. The van der Waals surface area contributed by atoms with Gasteiger partial charge in [-0.05, 0) is 53.7 Å². The van der Waals surface area contributed by atoms with Gasteiger partial charge in [0.05, 0.1) is 11.4 Å². The van der Waals surface area contributed by atoms with Crippen molar-refractivity contribution in [2.75, 3.05) is 6.61 Å². The largest absolute Gasteiger partial charge is 0.483 e. The monoisotopic (exact) mass is 464 g/mol. The van der Waals surface area contributed by atoms with Crippen LogP contribution < -0.4 is 10.5 Å². The van der Waals surface area contributed by atoms with Crippen molar-refractivity contribution in [3.05, 3.63) is 68.8 Å². The van der Waals surface area contributed by atoms with E-state index in [1.807, 2.05) is 0 Å². The molecular formula is C19H14BrFN2O4S. The number of thioether (sulfide) groups is 1. The van der Waals surface area contributed by atoms with Gasteiger partial charge in [0.15, 0.2) is 6.61 Å². The molecule has 0 saturated carbocycles. The Morgan fingerprint density at radius 3 is 2.61 bits per heavy atom. The summed E-state index contributed by atoms with van der Waals surface area (Å²) in [5.74, 6) is -1.13. The summed E-state index contributed by atoms with van der Waals surface area (Å²) in [5, 5.41) is -0.421. The fraction of sp³-hybridized carbons (Fsp3) is 0.105. The van der Waals surface area contributed by atoms with Crippen molar-refractivity contribution < 1.29 is 23.5 Å². The second kappa shape index (κ2) is 8.57. The molecule has 28 heavy (non-hydrogen) atoms. The van der Waals surface area contributed by atoms with Crippen LogP contribution in [0, 0.1) is 5.82 Å². The van der Waals surface area contributed by atoms with Gasteiger partial charge in [-0.15, -0.1) is 0 Å². The molecule has 1 aliphatic heterocycles. The molecule has 1 aliphatic rings. The van der Waals surface area contributed by atoms with Crippen LogP contribution in [0.15, 0.2) is 51.8 Å². The summed E-state index contributed by atoms with van der Waals surface area (Å²) in [6.45, 7) is -0.264. The summed E-state index contributed by atoms with van der Waals surface area (Å²) in [6.07, 6.45) is 1.52. The Morgan fingerprint density at radius 2 is 1.93 bits per heavy atom. The topological polar surface area (TPSA) is 89.7 Å². The molecule has 2 aromatic rings. The van der Waals surface area contributed by atoms with E-state index in [1.54, 1.807) is 18.2 Å². The van der Waals surface area contributed by atoms with E-state index in [0.717, 1.165) is 21.1 Å². The third kappa shape index (κ3) is 4.79. The van der Waals surface area contributed by atoms with Gasteiger partial charge < -0.3 is 10.5 Å². The first-order valence-corrected chi connectivity index (χ1v) is 9.65. The molecule has 1 saturated heterocycles. The lowest BCUT2D eigenvalue weighted by Gasteiger charge is -2.12. The normalized spacial score (nSPS) is 15.4. The van der Waals surface area contributed by atoms with E-state index in [2.05, 4.69) is 15.9 Å². The molecular weight excluding hydrogens is 451 g/mol. The Hall–Kier alpha value is -2.65. The van der Waals surface area contributed by atoms with Crippen molar-refractivity contribution in [2.24, 2.45) is 5.73 Å². The number of rotatable bonds is 6. The number of primary amides is 1. The number of carbonyl (C=O) groups is 3. The minimum absolute atomic E-state index is 0.0474. The quantitative estimate of drug-likeness (QED) is 0.658. The van der Waals surface area contributed by atoms with E-state index in [1.165, 1.54) is 30.3 Å². The molecule has 1 fully saturated rings. The van der Waals surface area contributed by atoms with Crippen molar-refractivity contribution in [1.29, 1.82) is 0 Å². The summed E-state index contributed by atoms with van der Waals surface area (Å²) >= 11 is 4.14. The van der Waals surface area contributed by atoms with Gasteiger partial charge in [0.1, 0.15) is 11.6 Å². The van der Waals surface area contributed by atoms with Gasteiger partial charge in [-0.3, -0.25) is 19.3 Å². The fourth-order valence-electron chi connectivity index (χ4n) is 2.46. The lowest BCUT2D eigenvalue weighted by atomic mass is 10.1. The van der Waals surface area contributed by atoms with Crippen LogP contribution in [0.3, 0.4) is 0 Å². The van der Waals surface area contributed by atoms with Crippen LogP contribution in [-0.4, -0.2) is 28.6 Å². The number of nitrogens with two attached hydrogens (primary N) is 1. The molecule has 1 heterocycles. The van der Waals surface area contributed by atoms with Crippen LogP contribution in [0.1, 0.15) is 11.1 Å². The maximum absolute atomic E-state index is 13.0. The molecule has 0 aliphatic carbocycles. The van der Waals surface area contributed by atoms with E-state index in [-0.39, 0.29) is 18.1 Å². The zero-order valence-electron chi connectivity index (χ0n) is 14.4. The molecule has 9 heteroatoms. The van der Waals surface area contributed by atoms with Crippen molar-refractivity contribution >= 4 is 50.8 Å². The highest BCUT2D eigenvalue weighted by molar-refractivity contribution is 9.10. The summed E-state index contributed by atoms with van der Waals surface area (Å²) in [4.78, 5) is 37.2. The Labute approximate surface area is 172 Å². The highest BCUT2D eigenvalue weighted by atomic mass is 79.9.